The minimum Gasteiger partial charge on any atom is -0.467 e. The number of hydrogen-bond donors (Lipinski definition) is 1. The second-order valence-electron chi connectivity index (χ2n) is 9.10. The van der Waals surface area contributed by atoms with Crippen LogP contribution in [0.3, 0.4) is 0 Å². The monoisotopic (exact) mass is 540 g/mol. The van der Waals surface area contributed by atoms with Crippen molar-refractivity contribution in [3.8, 4) is 17.4 Å². The zero-order valence-electron chi connectivity index (χ0n) is 20.7. The second-order valence-corrected chi connectivity index (χ2v) is 10.0. The van der Waals surface area contributed by atoms with E-state index in [0.717, 1.165) is 10.0 Å². The van der Waals surface area contributed by atoms with Gasteiger partial charge in [0.2, 0.25) is 5.89 Å². The van der Waals surface area contributed by atoms with Crippen LogP contribution in [-0.4, -0.2) is 54.6 Å². The van der Waals surface area contributed by atoms with Gasteiger partial charge >= 0.3 is 18.0 Å². The van der Waals surface area contributed by atoms with Crippen LogP contribution in [0.5, 0.6) is 5.95 Å². The van der Waals surface area contributed by atoms with Crippen LogP contribution < -0.4 is 10.1 Å². The van der Waals surface area contributed by atoms with Crippen molar-refractivity contribution in [2.45, 2.75) is 65.3 Å². The summed E-state index contributed by atoms with van der Waals surface area (Å²) in [4.78, 5) is 29.4. The van der Waals surface area contributed by atoms with E-state index in [9.17, 15) is 9.59 Å². The summed E-state index contributed by atoms with van der Waals surface area (Å²) in [5.74, 6) is 0.0685. The molecule has 1 amide bonds. The third-order valence-electron chi connectivity index (χ3n) is 4.44. The van der Waals surface area contributed by atoms with Gasteiger partial charge in [0, 0.05) is 16.5 Å². The number of esters is 1. The number of rotatable bonds is 10. The first-order valence-electron chi connectivity index (χ1n) is 10.9. The summed E-state index contributed by atoms with van der Waals surface area (Å²) in [6.45, 7) is 10.3. The average Bonchev–Trinajstić information content (AvgIpc) is 3.14. The van der Waals surface area contributed by atoms with Gasteiger partial charge in [-0.2, -0.15) is 0 Å². The molecule has 9 nitrogen and oxygen atoms in total. The molecule has 0 bridgehead atoms. The maximum Gasteiger partial charge on any atom is 0.407 e. The fourth-order valence-corrected chi connectivity index (χ4v) is 3.07. The molecule has 10 heteroatoms. The molecule has 0 saturated heterocycles. The number of benzene rings is 1. The molecule has 0 fully saturated rings. The van der Waals surface area contributed by atoms with Crippen LogP contribution in [0.25, 0.3) is 11.5 Å². The molecule has 0 radical (unpaired) electrons. The molecule has 1 aromatic carbocycles. The average molecular weight is 541 g/mol. The van der Waals surface area contributed by atoms with E-state index in [1.54, 1.807) is 41.5 Å². The first-order chi connectivity index (χ1) is 15.8. The number of amides is 1. The molecule has 2 rings (SSSR count). The highest BCUT2D eigenvalue weighted by Gasteiger charge is 2.39. The van der Waals surface area contributed by atoms with Crippen molar-refractivity contribution >= 4 is 28.0 Å². The van der Waals surface area contributed by atoms with E-state index in [4.69, 9.17) is 23.4 Å². The Morgan fingerprint density at radius 1 is 1.15 bits per heavy atom. The fraction of sp³-hybridized carbons (Fsp3) is 0.542. The number of carbonyl (C=O) groups excluding carboxylic acids is 2. The Labute approximate surface area is 208 Å². The van der Waals surface area contributed by atoms with E-state index in [1.807, 2.05) is 24.3 Å². The van der Waals surface area contributed by atoms with Gasteiger partial charge in [0.05, 0.1) is 26.4 Å². The Balaban J connectivity index is 2.12. The Morgan fingerprint density at radius 3 is 2.35 bits per heavy atom. The Kier molecular flexibility index (Phi) is 9.52. The number of methoxy groups -OCH3 is 1. The number of nitrogens with one attached hydrogen (secondary N) is 1. The summed E-state index contributed by atoms with van der Waals surface area (Å²) in [7, 11) is 1.49. The zero-order chi connectivity index (χ0) is 25.5. The molecule has 0 saturated carbocycles. The number of ether oxygens (including phenoxy) is 4. The van der Waals surface area contributed by atoms with E-state index >= 15 is 0 Å². The van der Waals surface area contributed by atoms with Gasteiger partial charge in [0.1, 0.15) is 11.3 Å². The van der Waals surface area contributed by atoms with Crippen molar-refractivity contribution in [3.05, 3.63) is 34.4 Å². The minimum absolute atomic E-state index is 0.0965. The van der Waals surface area contributed by atoms with Gasteiger partial charge in [-0.25, -0.2) is 14.6 Å². The number of aromatic nitrogens is 1. The Bertz CT molecular complexity index is 967. The molecule has 1 N–H and O–H groups in total. The fourth-order valence-electron chi connectivity index (χ4n) is 2.81. The lowest BCUT2D eigenvalue weighted by Crippen LogP contribution is -2.51. The molecule has 0 aliphatic rings. The highest BCUT2D eigenvalue weighted by atomic mass is 79.9. The number of carbonyl (C=O) groups is 2. The third kappa shape index (κ3) is 8.32. The molecule has 0 aliphatic carbocycles. The van der Waals surface area contributed by atoms with Crippen molar-refractivity contribution in [2.24, 2.45) is 0 Å². The van der Waals surface area contributed by atoms with Gasteiger partial charge in [-0.15, -0.1) is 0 Å². The van der Waals surface area contributed by atoms with Gasteiger partial charge in [-0.05, 0) is 65.8 Å². The van der Waals surface area contributed by atoms with Crippen molar-refractivity contribution in [1.29, 1.82) is 0 Å². The van der Waals surface area contributed by atoms with Crippen LogP contribution in [0, 0.1) is 0 Å². The van der Waals surface area contributed by atoms with Crippen LogP contribution in [0.4, 0.5) is 4.79 Å². The summed E-state index contributed by atoms with van der Waals surface area (Å²) in [6, 6.07) is 7.52. The van der Waals surface area contributed by atoms with E-state index in [-0.39, 0.29) is 25.2 Å². The van der Waals surface area contributed by atoms with Crippen molar-refractivity contribution in [1.82, 2.24) is 10.3 Å². The molecule has 2 aromatic rings. The normalized spacial score (nSPS) is 13.3. The molecule has 1 aromatic heterocycles. The zero-order valence-corrected chi connectivity index (χ0v) is 22.3. The van der Waals surface area contributed by atoms with Crippen molar-refractivity contribution in [2.75, 3.05) is 20.3 Å². The summed E-state index contributed by atoms with van der Waals surface area (Å²) in [6.07, 6.45) is -0.642. The van der Waals surface area contributed by atoms with Crippen LogP contribution in [0.2, 0.25) is 0 Å². The van der Waals surface area contributed by atoms with Crippen LogP contribution >= 0.6 is 15.9 Å². The highest BCUT2D eigenvalue weighted by Crippen LogP contribution is 2.29. The van der Waals surface area contributed by atoms with Gasteiger partial charge in [0.25, 0.3) is 0 Å². The van der Waals surface area contributed by atoms with E-state index in [2.05, 4.69) is 26.2 Å². The first kappa shape index (κ1) is 27.7. The number of oxazole rings is 1. The molecule has 188 valence electrons. The molecule has 0 spiro atoms. The number of hydrogen-bond acceptors (Lipinski definition) is 8. The predicted octanol–water partition coefficient (Wildman–Crippen LogP) is 4.91. The lowest BCUT2D eigenvalue weighted by molar-refractivity contribution is -0.181. The smallest absolute Gasteiger partial charge is 0.407 e. The van der Waals surface area contributed by atoms with Gasteiger partial charge in [-0.3, -0.25) is 0 Å². The topological polar surface area (TPSA) is 109 Å². The summed E-state index contributed by atoms with van der Waals surface area (Å²) in [5.41, 5.74) is -0.844. The van der Waals surface area contributed by atoms with Crippen LogP contribution in [-0.2, 0) is 25.4 Å². The SMILES string of the molecule is COc1oc(-c2ccc(Br)cc2)nc1CCOC(C)(CNC(=O)OC(C)C)C(=O)OC(C)(C)C. The highest BCUT2D eigenvalue weighted by molar-refractivity contribution is 9.10. The maximum absolute atomic E-state index is 12.9. The van der Waals surface area contributed by atoms with Crippen molar-refractivity contribution < 1.29 is 33.0 Å². The third-order valence-corrected chi connectivity index (χ3v) is 4.97. The Morgan fingerprint density at radius 2 is 1.79 bits per heavy atom. The van der Waals surface area contributed by atoms with Gasteiger partial charge in [0.15, 0.2) is 5.60 Å². The van der Waals surface area contributed by atoms with Gasteiger partial charge in [-0.1, -0.05) is 15.9 Å². The lowest BCUT2D eigenvalue weighted by atomic mass is 10.1. The summed E-state index contributed by atoms with van der Waals surface area (Å²) in [5, 5.41) is 2.57. The number of alkyl carbamates (subject to hydrolysis) is 1. The minimum atomic E-state index is -1.45. The molecule has 0 aliphatic heterocycles. The largest absolute Gasteiger partial charge is 0.467 e. The predicted molar refractivity (Wildman–Crippen MR) is 130 cm³/mol. The van der Waals surface area contributed by atoms with Crippen LogP contribution in [0.1, 0.15) is 47.2 Å². The van der Waals surface area contributed by atoms with E-state index < -0.39 is 23.3 Å². The van der Waals surface area contributed by atoms with E-state index in [0.29, 0.717) is 18.0 Å². The summed E-state index contributed by atoms with van der Waals surface area (Å²) >= 11 is 3.40. The standard InChI is InChI=1S/C24H33BrN2O7/c1-15(2)32-22(29)26-14-24(6,21(28)34-23(3,4)5)31-13-12-18-20(30-7)33-19(27-18)16-8-10-17(25)11-9-16/h8-11,15H,12-14H2,1-7H3,(H,26,29). The first-order valence-corrected chi connectivity index (χ1v) is 11.7. The molecule has 34 heavy (non-hydrogen) atoms. The number of halogens is 1. The molecular weight excluding hydrogens is 508 g/mol. The van der Waals surface area contributed by atoms with Gasteiger partial charge < -0.3 is 28.7 Å². The number of nitrogens with zero attached hydrogens (tertiary/aromatic N) is 1. The summed E-state index contributed by atoms with van der Waals surface area (Å²) < 4.78 is 28.5. The van der Waals surface area contributed by atoms with E-state index in [1.165, 1.54) is 7.11 Å². The quantitative estimate of drug-likeness (QED) is 0.423. The lowest BCUT2D eigenvalue weighted by Gasteiger charge is -2.31. The molecule has 1 atom stereocenters. The maximum atomic E-state index is 12.9. The Hall–Kier alpha value is -2.59. The molecular formula is C24H33BrN2O7. The van der Waals surface area contributed by atoms with Crippen molar-refractivity contribution in [3.63, 3.8) is 0 Å². The van der Waals surface area contributed by atoms with Crippen LogP contribution in [0.15, 0.2) is 33.2 Å². The second kappa shape index (κ2) is 11.7. The molecule has 1 unspecified atom stereocenters. The molecule has 1 heterocycles.